The number of oxime groups is 1. The van der Waals surface area contributed by atoms with Crippen molar-refractivity contribution in [3.8, 4) is 0 Å². The zero-order valence-corrected chi connectivity index (χ0v) is 10.1. The van der Waals surface area contributed by atoms with E-state index in [-0.39, 0.29) is 11.6 Å². The van der Waals surface area contributed by atoms with Crippen LogP contribution in [0.3, 0.4) is 0 Å². The molecule has 1 unspecified atom stereocenters. The van der Waals surface area contributed by atoms with E-state index >= 15 is 0 Å². The fraction of sp³-hybridized carbons (Fsp3) is 0.600. The van der Waals surface area contributed by atoms with Gasteiger partial charge in [-0.2, -0.15) is 0 Å². The Hall–Kier alpha value is -1.92. The van der Waals surface area contributed by atoms with Crippen molar-refractivity contribution in [2.45, 2.75) is 33.2 Å². The normalized spacial score (nSPS) is 14.8. The summed E-state index contributed by atoms with van der Waals surface area (Å²) in [6.45, 7) is 5.13. The molecule has 3 N–H and O–H groups in total. The van der Waals surface area contributed by atoms with Crippen molar-refractivity contribution in [3.63, 3.8) is 0 Å². The Kier molecular flexibility index (Phi) is 5.87. The number of hydrogen-bond donors (Lipinski definition) is 2. The van der Waals surface area contributed by atoms with Gasteiger partial charge in [0.25, 0.3) is 5.91 Å². The molecule has 1 amide bonds. The number of nitro groups is 1. The number of primary amides is 1. The molecule has 0 heterocycles. The van der Waals surface area contributed by atoms with Gasteiger partial charge >= 0.3 is 0 Å². The van der Waals surface area contributed by atoms with Crippen molar-refractivity contribution in [2.24, 2.45) is 16.8 Å². The number of nitrogens with two attached hydrogens (primary N) is 1. The second-order valence-electron chi connectivity index (χ2n) is 3.90. The molecule has 0 bridgehead atoms. The van der Waals surface area contributed by atoms with Crippen LogP contribution < -0.4 is 5.73 Å². The summed E-state index contributed by atoms with van der Waals surface area (Å²) in [5.74, 6) is -1.16. The molecule has 0 aromatic rings. The SMILES string of the molecule is CCC(=CC(=NO)C(N)=O)C(C(C)C)[N+](=O)[O-]. The van der Waals surface area contributed by atoms with E-state index in [1.54, 1.807) is 20.8 Å². The summed E-state index contributed by atoms with van der Waals surface area (Å²) in [4.78, 5) is 21.4. The van der Waals surface area contributed by atoms with Gasteiger partial charge in [-0.3, -0.25) is 14.9 Å². The molecule has 0 spiro atoms. The number of carbonyl (C=O) groups excluding carboxylic acids is 1. The van der Waals surface area contributed by atoms with E-state index in [9.17, 15) is 14.9 Å². The van der Waals surface area contributed by atoms with Crippen LogP contribution in [0.2, 0.25) is 0 Å². The minimum Gasteiger partial charge on any atom is -0.410 e. The van der Waals surface area contributed by atoms with Gasteiger partial charge in [0, 0.05) is 16.4 Å². The van der Waals surface area contributed by atoms with Crippen molar-refractivity contribution in [2.75, 3.05) is 0 Å². The van der Waals surface area contributed by atoms with Gasteiger partial charge in [-0.1, -0.05) is 25.9 Å². The van der Waals surface area contributed by atoms with E-state index in [2.05, 4.69) is 5.16 Å². The standard InChI is InChI=1S/C10H17N3O4/c1-4-7(5-8(12-15)10(11)14)9(6(2)3)13(16)17/h5-6,9,15H,4H2,1-3H3,(H2,11,14). The third-order valence-corrected chi connectivity index (χ3v) is 2.33. The molecule has 7 heteroatoms. The van der Waals surface area contributed by atoms with Crippen molar-refractivity contribution in [1.82, 2.24) is 0 Å². The molecule has 0 aliphatic carbocycles. The van der Waals surface area contributed by atoms with Gasteiger partial charge in [0.1, 0.15) is 0 Å². The van der Waals surface area contributed by atoms with Gasteiger partial charge in [0.15, 0.2) is 5.71 Å². The summed E-state index contributed by atoms with van der Waals surface area (Å²) >= 11 is 0. The van der Waals surface area contributed by atoms with Crippen LogP contribution in [0, 0.1) is 16.0 Å². The van der Waals surface area contributed by atoms with Gasteiger partial charge in [0.05, 0.1) is 0 Å². The molecule has 0 saturated carbocycles. The Morgan fingerprint density at radius 1 is 1.59 bits per heavy atom. The Morgan fingerprint density at radius 3 is 2.35 bits per heavy atom. The molecule has 17 heavy (non-hydrogen) atoms. The molecule has 0 radical (unpaired) electrons. The van der Waals surface area contributed by atoms with E-state index in [0.717, 1.165) is 0 Å². The first kappa shape index (κ1) is 15.1. The molecular weight excluding hydrogens is 226 g/mol. The van der Waals surface area contributed by atoms with E-state index in [4.69, 9.17) is 10.9 Å². The highest BCUT2D eigenvalue weighted by Crippen LogP contribution is 2.18. The van der Waals surface area contributed by atoms with Gasteiger partial charge in [-0.25, -0.2) is 0 Å². The van der Waals surface area contributed by atoms with Crippen LogP contribution in [0.25, 0.3) is 0 Å². The minimum atomic E-state index is -0.927. The second kappa shape index (κ2) is 6.62. The number of carbonyl (C=O) groups is 1. The first-order valence-corrected chi connectivity index (χ1v) is 5.20. The minimum absolute atomic E-state index is 0.232. The fourth-order valence-electron chi connectivity index (χ4n) is 1.53. The Balaban J connectivity index is 5.37. The zero-order valence-electron chi connectivity index (χ0n) is 10.1. The molecule has 0 aliphatic heterocycles. The molecule has 0 aromatic heterocycles. The molecule has 96 valence electrons. The molecule has 0 fully saturated rings. The highest BCUT2D eigenvalue weighted by molar-refractivity contribution is 6.42. The predicted molar refractivity (Wildman–Crippen MR) is 62.4 cm³/mol. The van der Waals surface area contributed by atoms with Crippen molar-refractivity contribution >= 4 is 11.6 Å². The molecule has 0 saturated heterocycles. The van der Waals surface area contributed by atoms with Crippen LogP contribution in [-0.2, 0) is 4.79 Å². The second-order valence-corrected chi connectivity index (χ2v) is 3.90. The molecule has 0 rings (SSSR count). The van der Waals surface area contributed by atoms with Crippen LogP contribution in [0.5, 0.6) is 0 Å². The summed E-state index contributed by atoms with van der Waals surface area (Å²) < 4.78 is 0. The monoisotopic (exact) mass is 243 g/mol. The first-order valence-electron chi connectivity index (χ1n) is 5.20. The van der Waals surface area contributed by atoms with E-state index < -0.39 is 16.9 Å². The van der Waals surface area contributed by atoms with E-state index in [1.165, 1.54) is 6.08 Å². The van der Waals surface area contributed by atoms with Crippen molar-refractivity contribution in [3.05, 3.63) is 21.8 Å². The number of nitrogens with zero attached hydrogens (tertiary/aromatic N) is 2. The zero-order chi connectivity index (χ0) is 13.6. The predicted octanol–water partition coefficient (Wildman–Crippen LogP) is 0.940. The van der Waals surface area contributed by atoms with Gasteiger partial charge in [0.2, 0.25) is 6.04 Å². The van der Waals surface area contributed by atoms with Gasteiger partial charge in [-0.05, 0) is 12.5 Å². The van der Waals surface area contributed by atoms with Crippen molar-refractivity contribution in [1.29, 1.82) is 0 Å². The fourth-order valence-corrected chi connectivity index (χ4v) is 1.53. The van der Waals surface area contributed by atoms with Crippen molar-refractivity contribution < 1.29 is 14.9 Å². The van der Waals surface area contributed by atoms with Crippen LogP contribution in [-0.4, -0.2) is 27.8 Å². The lowest BCUT2D eigenvalue weighted by molar-refractivity contribution is -0.520. The van der Waals surface area contributed by atoms with E-state index in [0.29, 0.717) is 12.0 Å². The van der Waals surface area contributed by atoms with Crippen LogP contribution in [0.1, 0.15) is 27.2 Å². The third kappa shape index (κ3) is 4.21. The number of amides is 1. The van der Waals surface area contributed by atoms with Crippen LogP contribution >= 0.6 is 0 Å². The maximum Gasteiger partial charge on any atom is 0.270 e. The maximum atomic E-state index is 10.9. The average molecular weight is 243 g/mol. The largest absolute Gasteiger partial charge is 0.410 e. The third-order valence-electron chi connectivity index (χ3n) is 2.33. The summed E-state index contributed by atoms with van der Waals surface area (Å²) in [6.07, 6.45) is 1.55. The molecular formula is C10H17N3O4. The average Bonchev–Trinajstić information content (AvgIpc) is 2.21. The lowest BCUT2D eigenvalue weighted by atomic mass is 9.93. The molecule has 0 aromatic carbocycles. The first-order chi connectivity index (χ1) is 7.84. The Morgan fingerprint density at radius 2 is 2.12 bits per heavy atom. The van der Waals surface area contributed by atoms with Gasteiger partial charge in [-0.15, -0.1) is 0 Å². The maximum absolute atomic E-state index is 10.9. The molecule has 7 nitrogen and oxygen atoms in total. The Bertz CT molecular complexity index is 361. The quantitative estimate of drug-likeness (QED) is 0.312. The summed E-state index contributed by atoms with van der Waals surface area (Å²) in [5.41, 5.74) is 4.98. The summed E-state index contributed by atoms with van der Waals surface area (Å²) in [7, 11) is 0. The van der Waals surface area contributed by atoms with Crippen LogP contribution in [0.4, 0.5) is 0 Å². The highest BCUT2D eigenvalue weighted by Gasteiger charge is 2.28. The summed E-state index contributed by atoms with van der Waals surface area (Å²) in [5, 5.41) is 22.2. The smallest absolute Gasteiger partial charge is 0.270 e. The highest BCUT2D eigenvalue weighted by atomic mass is 16.6. The topological polar surface area (TPSA) is 119 Å². The molecule has 0 aliphatic rings. The summed E-state index contributed by atoms with van der Waals surface area (Å²) in [6, 6.07) is -0.920. The van der Waals surface area contributed by atoms with Gasteiger partial charge < -0.3 is 10.9 Å². The molecule has 1 atom stereocenters. The number of rotatable bonds is 6. The Labute approximate surface area is 99.1 Å². The van der Waals surface area contributed by atoms with Crippen LogP contribution in [0.15, 0.2) is 16.8 Å². The van der Waals surface area contributed by atoms with E-state index in [1.807, 2.05) is 0 Å². The number of hydrogen-bond acceptors (Lipinski definition) is 5. The lowest BCUT2D eigenvalue weighted by Gasteiger charge is -2.15. The lowest BCUT2D eigenvalue weighted by Crippen LogP contribution is -2.30.